The van der Waals surface area contributed by atoms with Crippen LogP contribution in [0.25, 0.3) is 0 Å². The Kier molecular flexibility index (Phi) is 4.62. The number of halogens is 1. The SMILES string of the molecule is CCOC(=O)C1=C(C)NC(=S)NC1c1ccc(Cl)cc1. The van der Waals surface area contributed by atoms with E-state index in [0.717, 1.165) is 5.56 Å². The minimum absolute atomic E-state index is 0.327. The van der Waals surface area contributed by atoms with Gasteiger partial charge in [-0.05, 0) is 43.8 Å². The first-order chi connectivity index (χ1) is 9.52. The van der Waals surface area contributed by atoms with Crippen LogP contribution in [-0.4, -0.2) is 17.7 Å². The molecule has 2 rings (SSSR count). The van der Waals surface area contributed by atoms with E-state index in [1.165, 1.54) is 0 Å². The van der Waals surface area contributed by atoms with Crippen LogP contribution >= 0.6 is 23.8 Å². The van der Waals surface area contributed by atoms with Gasteiger partial charge >= 0.3 is 5.97 Å². The lowest BCUT2D eigenvalue weighted by atomic mass is 9.96. The fraction of sp³-hybridized carbons (Fsp3) is 0.286. The third kappa shape index (κ3) is 3.11. The number of rotatable bonds is 3. The second kappa shape index (κ2) is 6.24. The molecule has 1 heterocycles. The van der Waals surface area contributed by atoms with Crippen molar-refractivity contribution in [3.8, 4) is 0 Å². The molecule has 0 amide bonds. The number of allylic oxidation sites excluding steroid dienone is 1. The summed E-state index contributed by atoms with van der Waals surface area (Å²) in [7, 11) is 0. The zero-order chi connectivity index (χ0) is 14.7. The van der Waals surface area contributed by atoms with E-state index in [-0.39, 0.29) is 12.0 Å². The molecule has 1 aromatic carbocycles. The van der Waals surface area contributed by atoms with Gasteiger partial charge in [-0.3, -0.25) is 0 Å². The molecule has 1 aliphatic rings. The van der Waals surface area contributed by atoms with Crippen LogP contribution in [0, 0.1) is 0 Å². The molecule has 6 heteroatoms. The van der Waals surface area contributed by atoms with Crippen LogP contribution in [0.4, 0.5) is 0 Å². The zero-order valence-electron chi connectivity index (χ0n) is 11.2. The topological polar surface area (TPSA) is 50.4 Å². The van der Waals surface area contributed by atoms with Gasteiger partial charge in [0.15, 0.2) is 5.11 Å². The van der Waals surface area contributed by atoms with E-state index in [1.54, 1.807) is 19.1 Å². The molecule has 2 N–H and O–H groups in total. The molecule has 0 bridgehead atoms. The van der Waals surface area contributed by atoms with Crippen molar-refractivity contribution >= 4 is 34.9 Å². The monoisotopic (exact) mass is 310 g/mol. The fourth-order valence-corrected chi connectivity index (χ4v) is 2.48. The molecular formula is C14H15ClN2O2S. The summed E-state index contributed by atoms with van der Waals surface area (Å²) in [6.45, 7) is 3.91. The smallest absolute Gasteiger partial charge is 0.338 e. The molecule has 1 unspecified atom stereocenters. The number of nitrogens with one attached hydrogen (secondary N) is 2. The zero-order valence-corrected chi connectivity index (χ0v) is 12.8. The first kappa shape index (κ1) is 14.8. The van der Waals surface area contributed by atoms with E-state index in [1.807, 2.05) is 19.1 Å². The van der Waals surface area contributed by atoms with Crippen molar-refractivity contribution in [1.29, 1.82) is 0 Å². The minimum atomic E-state index is -0.354. The second-order valence-corrected chi connectivity index (χ2v) is 5.19. The van der Waals surface area contributed by atoms with Gasteiger partial charge < -0.3 is 15.4 Å². The van der Waals surface area contributed by atoms with Crippen molar-refractivity contribution in [3.05, 3.63) is 46.1 Å². The maximum atomic E-state index is 12.1. The Morgan fingerprint density at radius 2 is 2.05 bits per heavy atom. The number of benzene rings is 1. The lowest BCUT2D eigenvalue weighted by Crippen LogP contribution is -2.45. The molecule has 1 aliphatic heterocycles. The lowest BCUT2D eigenvalue weighted by molar-refractivity contribution is -0.139. The Morgan fingerprint density at radius 1 is 1.40 bits per heavy atom. The van der Waals surface area contributed by atoms with Gasteiger partial charge in [0.05, 0.1) is 18.2 Å². The van der Waals surface area contributed by atoms with Gasteiger partial charge in [0.2, 0.25) is 0 Å². The summed E-state index contributed by atoms with van der Waals surface area (Å²) in [5.74, 6) is -0.354. The number of carbonyl (C=O) groups is 1. The van der Waals surface area contributed by atoms with Crippen LogP contribution in [0.1, 0.15) is 25.5 Å². The summed E-state index contributed by atoms with van der Waals surface area (Å²) >= 11 is 11.0. The van der Waals surface area contributed by atoms with Crippen molar-refractivity contribution in [1.82, 2.24) is 10.6 Å². The van der Waals surface area contributed by atoms with Crippen molar-refractivity contribution in [2.45, 2.75) is 19.9 Å². The van der Waals surface area contributed by atoms with Gasteiger partial charge in [-0.2, -0.15) is 0 Å². The highest BCUT2D eigenvalue weighted by atomic mass is 35.5. The molecule has 4 nitrogen and oxygen atoms in total. The van der Waals surface area contributed by atoms with Crippen molar-refractivity contribution in [2.75, 3.05) is 6.61 Å². The summed E-state index contributed by atoms with van der Waals surface area (Å²) in [4.78, 5) is 12.1. The average Bonchev–Trinajstić information content (AvgIpc) is 2.38. The minimum Gasteiger partial charge on any atom is -0.463 e. The van der Waals surface area contributed by atoms with E-state index < -0.39 is 0 Å². The molecular weight excluding hydrogens is 296 g/mol. The molecule has 20 heavy (non-hydrogen) atoms. The molecule has 106 valence electrons. The van der Waals surface area contributed by atoms with Gasteiger partial charge in [-0.25, -0.2) is 4.79 Å². The van der Waals surface area contributed by atoms with Gasteiger partial charge in [-0.1, -0.05) is 23.7 Å². The Bertz CT molecular complexity index is 569. The van der Waals surface area contributed by atoms with E-state index in [4.69, 9.17) is 28.6 Å². The van der Waals surface area contributed by atoms with Gasteiger partial charge in [0, 0.05) is 10.7 Å². The second-order valence-electron chi connectivity index (χ2n) is 4.34. The number of esters is 1. The van der Waals surface area contributed by atoms with Crippen LogP contribution in [0.3, 0.4) is 0 Å². The largest absolute Gasteiger partial charge is 0.463 e. The molecule has 1 atom stereocenters. The quantitative estimate of drug-likeness (QED) is 0.664. The molecule has 0 radical (unpaired) electrons. The maximum absolute atomic E-state index is 12.1. The van der Waals surface area contributed by atoms with Crippen molar-refractivity contribution < 1.29 is 9.53 Å². The molecule has 0 aliphatic carbocycles. The Morgan fingerprint density at radius 3 is 2.65 bits per heavy atom. The molecule has 0 saturated carbocycles. The van der Waals surface area contributed by atoms with Crippen LogP contribution in [0.5, 0.6) is 0 Å². The highest BCUT2D eigenvalue weighted by Crippen LogP contribution is 2.28. The van der Waals surface area contributed by atoms with Gasteiger partial charge in [-0.15, -0.1) is 0 Å². The number of hydrogen-bond donors (Lipinski definition) is 2. The van der Waals surface area contributed by atoms with Crippen molar-refractivity contribution in [3.63, 3.8) is 0 Å². The normalized spacial score (nSPS) is 18.4. The number of thiocarbonyl (C=S) groups is 1. The van der Waals surface area contributed by atoms with Crippen LogP contribution in [0.2, 0.25) is 5.02 Å². The van der Waals surface area contributed by atoms with E-state index >= 15 is 0 Å². The van der Waals surface area contributed by atoms with Crippen molar-refractivity contribution in [2.24, 2.45) is 0 Å². The molecule has 0 saturated heterocycles. The summed E-state index contributed by atoms with van der Waals surface area (Å²) in [5.41, 5.74) is 2.13. The standard InChI is InChI=1S/C14H15ClN2O2S/c1-3-19-13(18)11-8(2)16-14(20)17-12(11)9-4-6-10(15)7-5-9/h4-7,12H,3H2,1-2H3,(H2,16,17,20). The summed E-state index contributed by atoms with van der Waals surface area (Å²) in [6, 6.07) is 6.95. The Balaban J connectivity index is 2.41. The molecule has 0 fully saturated rings. The molecule has 1 aromatic rings. The molecule has 0 spiro atoms. The van der Waals surface area contributed by atoms with Crippen LogP contribution in [0.15, 0.2) is 35.5 Å². The number of hydrogen-bond acceptors (Lipinski definition) is 3. The third-order valence-electron chi connectivity index (χ3n) is 2.97. The fourth-order valence-electron chi connectivity index (χ4n) is 2.08. The van der Waals surface area contributed by atoms with Crippen LogP contribution < -0.4 is 10.6 Å². The van der Waals surface area contributed by atoms with E-state index in [9.17, 15) is 4.79 Å². The van der Waals surface area contributed by atoms with Gasteiger partial charge in [0.1, 0.15) is 0 Å². The maximum Gasteiger partial charge on any atom is 0.338 e. The van der Waals surface area contributed by atoms with E-state index in [2.05, 4.69) is 10.6 Å². The van der Waals surface area contributed by atoms with Gasteiger partial charge in [0.25, 0.3) is 0 Å². The average molecular weight is 311 g/mol. The predicted octanol–water partition coefficient (Wildman–Crippen LogP) is 2.70. The number of ether oxygens (including phenoxy) is 1. The van der Waals surface area contributed by atoms with Crippen LogP contribution in [-0.2, 0) is 9.53 Å². The summed E-state index contributed by atoms with van der Waals surface area (Å²) in [5, 5.41) is 7.17. The first-order valence-electron chi connectivity index (χ1n) is 6.23. The van der Waals surface area contributed by atoms with E-state index in [0.29, 0.717) is 28.0 Å². The lowest BCUT2D eigenvalue weighted by Gasteiger charge is -2.29. The summed E-state index contributed by atoms with van der Waals surface area (Å²) < 4.78 is 5.12. The predicted molar refractivity (Wildman–Crippen MR) is 82.4 cm³/mol. The first-order valence-corrected chi connectivity index (χ1v) is 7.02. The third-order valence-corrected chi connectivity index (χ3v) is 3.44. The number of carbonyl (C=O) groups excluding carboxylic acids is 1. The highest BCUT2D eigenvalue weighted by Gasteiger charge is 2.30. The summed E-state index contributed by atoms with van der Waals surface area (Å²) in [6.07, 6.45) is 0. The Hall–Kier alpha value is -1.59. The Labute approximate surface area is 128 Å². The highest BCUT2D eigenvalue weighted by molar-refractivity contribution is 7.80. The molecule has 0 aromatic heterocycles.